The molecule has 0 aliphatic carbocycles. The Kier molecular flexibility index (Phi) is 31.3. The molecule has 0 saturated carbocycles. The predicted octanol–water partition coefficient (Wildman–Crippen LogP) is 1.74. The molecule has 84 valence electrons. The molecule has 0 amide bonds. The van der Waals surface area contributed by atoms with Gasteiger partial charge in [-0.1, -0.05) is 39.6 Å². The molecule has 0 rings (SSSR count). The molecule has 0 unspecified atom stereocenters. The van der Waals surface area contributed by atoms with Crippen LogP contribution in [-0.2, 0) is 38.5 Å². The Morgan fingerprint density at radius 2 is 1.20 bits per heavy atom. The first-order valence-electron chi connectivity index (χ1n) is 4.81. The van der Waals surface area contributed by atoms with Gasteiger partial charge in [0, 0.05) is 13.2 Å². The molecule has 0 heterocycles. The van der Waals surface area contributed by atoms with Crippen LogP contribution in [0.2, 0.25) is 0 Å². The van der Waals surface area contributed by atoms with Crippen molar-refractivity contribution in [1.82, 2.24) is 0 Å². The summed E-state index contributed by atoms with van der Waals surface area (Å²) in [5, 5.41) is 0. The van der Waals surface area contributed by atoms with Gasteiger partial charge in [0.15, 0.2) is 0 Å². The second-order valence-corrected chi connectivity index (χ2v) is 2.57. The summed E-state index contributed by atoms with van der Waals surface area (Å²) in [7, 11) is 0. The van der Waals surface area contributed by atoms with E-state index in [1.54, 1.807) is 0 Å². The minimum atomic E-state index is 0. The van der Waals surface area contributed by atoms with E-state index in [1.165, 1.54) is 12.9 Å². The van der Waals surface area contributed by atoms with E-state index in [-0.39, 0.29) is 19.5 Å². The standard InChI is InChI=1S/2C5H9O2.Zn/c2*1-2-3-4-7-5-6;/h2*2-4H2,1H3;/q2*-1;+2. The summed E-state index contributed by atoms with van der Waals surface area (Å²) in [5.74, 6) is 0. The van der Waals surface area contributed by atoms with Crippen LogP contribution in [0.5, 0.6) is 0 Å². The Bertz CT molecular complexity index is 106. The monoisotopic (exact) mass is 266 g/mol. The number of rotatable bonds is 8. The summed E-state index contributed by atoms with van der Waals surface area (Å²) in [6.45, 7) is 7.80. The fraction of sp³-hybridized carbons (Fsp3) is 0.800. The first-order chi connectivity index (χ1) is 6.83. The first-order valence-corrected chi connectivity index (χ1v) is 4.81. The van der Waals surface area contributed by atoms with Gasteiger partial charge < -0.3 is 19.1 Å². The van der Waals surface area contributed by atoms with Crippen molar-refractivity contribution >= 4 is 12.9 Å². The molecule has 0 spiro atoms. The third kappa shape index (κ3) is 31.7. The van der Waals surface area contributed by atoms with Crippen molar-refractivity contribution in [3.63, 3.8) is 0 Å². The normalized spacial score (nSPS) is 7.60. The number of unbranched alkanes of at least 4 members (excludes halogenated alkanes) is 2. The van der Waals surface area contributed by atoms with Gasteiger partial charge >= 0.3 is 19.5 Å². The van der Waals surface area contributed by atoms with Crippen LogP contribution in [0, 0.1) is 0 Å². The molecule has 0 aromatic heterocycles. The molecule has 0 N–H and O–H groups in total. The predicted molar refractivity (Wildman–Crippen MR) is 53.1 cm³/mol. The summed E-state index contributed by atoms with van der Waals surface area (Å²) >= 11 is 0. The molecule has 0 radical (unpaired) electrons. The zero-order valence-electron chi connectivity index (χ0n) is 9.58. The molecule has 0 aliphatic heterocycles. The number of hydrogen-bond acceptors (Lipinski definition) is 4. The quantitative estimate of drug-likeness (QED) is 0.382. The van der Waals surface area contributed by atoms with Crippen molar-refractivity contribution in [2.75, 3.05) is 13.2 Å². The van der Waals surface area contributed by atoms with Gasteiger partial charge in [-0.25, -0.2) is 0 Å². The maximum Gasteiger partial charge on any atom is 2.00 e. The summed E-state index contributed by atoms with van der Waals surface area (Å²) in [4.78, 5) is 18.7. The minimum Gasteiger partial charge on any atom is -0.653 e. The molecule has 0 atom stereocenters. The van der Waals surface area contributed by atoms with Gasteiger partial charge in [0.2, 0.25) is 0 Å². The Morgan fingerprint density at radius 3 is 1.40 bits per heavy atom. The van der Waals surface area contributed by atoms with Gasteiger partial charge in [-0.15, -0.1) is 0 Å². The van der Waals surface area contributed by atoms with Gasteiger partial charge in [-0.2, -0.15) is 0 Å². The second-order valence-electron chi connectivity index (χ2n) is 2.57. The van der Waals surface area contributed by atoms with Crippen molar-refractivity contribution in [2.24, 2.45) is 0 Å². The summed E-state index contributed by atoms with van der Waals surface area (Å²) in [6.07, 6.45) is 3.99. The van der Waals surface area contributed by atoms with Crippen LogP contribution in [0.15, 0.2) is 0 Å². The first kappa shape index (κ1) is 20.0. The Morgan fingerprint density at radius 1 is 0.867 bits per heavy atom. The Balaban J connectivity index is -0.000000180. The smallest absolute Gasteiger partial charge is 0.653 e. The Labute approximate surface area is 104 Å². The van der Waals surface area contributed by atoms with Crippen molar-refractivity contribution in [2.45, 2.75) is 39.5 Å². The molecular formula is C10H18O4Zn. The van der Waals surface area contributed by atoms with Crippen LogP contribution < -0.4 is 0 Å². The molecule has 0 aromatic rings. The van der Waals surface area contributed by atoms with E-state index in [1.807, 2.05) is 13.8 Å². The molecule has 0 aromatic carbocycles. The molecule has 0 saturated heterocycles. The Hall–Kier alpha value is -0.437. The molecule has 15 heavy (non-hydrogen) atoms. The van der Waals surface area contributed by atoms with Crippen LogP contribution in [0.3, 0.4) is 0 Å². The zero-order chi connectivity index (χ0) is 11.1. The van der Waals surface area contributed by atoms with Crippen molar-refractivity contribution in [3.05, 3.63) is 0 Å². The number of carbonyl (C=O) groups excluding carboxylic acids is 2. The van der Waals surface area contributed by atoms with E-state index >= 15 is 0 Å². The molecule has 0 fully saturated rings. The maximum atomic E-state index is 9.33. The van der Waals surface area contributed by atoms with Crippen LogP contribution >= 0.6 is 0 Å². The van der Waals surface area contributed by atoms with E-state index < -0.39 is 0 Å². The van der Waals surface area contributed by atoms with Crippen LogP contribution in [0.1, 0.15) is 39.5 Å². The number of ether oxygens (including phenoxy) is 2. The third-order valence-corrected chi connectivity index (χ3v) is 1.32. The fourth-order valence-corrected chi connectivity index (χ4v) is 0.516. The van der Waals surface area contributed by atoms with E-state index in [2.05, 4.69) is 9.47 Å². The summed E-state index contributed by atoms with van der Waals surface area (Å²) < 4.78 is 8.54. The second kappa shape index (κ2) is 23.4. The van der Waals surface area contributed by atoms with Crippen LogP contribution in [-0.4, -0.2) is 26.2 Å². The van der Waals surface area contributed by atoms with Gasteiger partial charge in [-0.05, 0) is 12.8 Å². The fourth-order valence-electron chi connectivity index (χ4n) is 0.516. The molecule has 5 heteroatoms. The van der Waals surface area contributed by atoms with E-state index in [4.69, 9.17) is 0 Å². The molecule has 4 nitrogen and oxygen atoms in total. The van der Waals surface area contributed by atoms with Gasteiger partial charge in [-0.3, -0.25) is 0 Å². The average Bonchev–Trinajstić information content (AvgIpc) is 2.21. The average molecular weight is 268 g/mol. The summed E-state index contributed by atoms with van der Waals surface area (Å²) in [6, 6.07) is 0. The molecule has 0 aliphatic rings. The topological polar surface area (TPSA) is 52.6 Å². The largest absolute Gasteiger partial charge is 2.00 e. The van der Waals surface area contributed by atoms with Crippen LogP contribution in [0.25, 0.3) is 0 Å². The maximum absolute atomic E-state index is 9.33. The van der Waals surface area contributed by atoms with Gasteiger partial charge in [0.25, 0.3) is 0 Å². The third-order valence-electron chi connectivity index (χ3n) is 1.32. The van der Waals surface area contributed by atoms with Gasteiger partial charge in [0.05, 0.1) is 0 Å². The SMILES string of the molecule is CCCCO[C-]=O.CCCCO[C-]=O.[Zn+2]. The molecule has 0 bridgehead atoms. The van der Waals surface area contributed by atoms with Gasteiger partial charge in [0.1, 0.15) is 0 Å². The van der Waals surface area contributed by atoms with Crippen molar-refractivity contribution < 1.29 is 38.5 Å². The summed E-state index contributed by atoms with van der Waals surface area (Å²) in [5.41, 5.74) is 0. The van der Waals surface area contributed by atoms with E-state index in [0.717, 1.165) is 25.7 Å². The van der Waals surface area contributed by atoms with Crippen LogP contribution in [0.4, 0.5) is 0 Å². The minimum absolute atomic E-state index is 0. The van der Waals surface area contributed by atoms with E-state index in [9.17, 15) is 9.59 Å². The zero-order valence-corrected chi connectivity index (χ0v) is 12.5. The van der Waals surface area contributed by atoms with Crippen molar-refractivity contribution in [1.29, 1.82) is 0 Å². The van der Waals surface area contributed by atoms with Crippen molar-refractivity contribution in [3.8, 4) is 0 Å². The molecular weight excluding hydrogens is 249 g/mol. The number of hydrogen-bond donors (Lipinski definition) is 0. The van der Waals surface area contributed by atoms with E-state index in [0.29, 0.717) is 13.2 Å².